The molecule has 0 aliphatic rings. The molecule has 0 saturated heterocycles. The van der Waals surface area contributed by atoms with E-state index < -0.39 is 22.5 Å². The van der Waals surface area contributed by atoms with Crippen LogP contribution in [0, 0.1) is 0 Å². The zero-order valence-corrected chi connectivity index (χ0v) is 20.1. The van der Waals surface area contributed by atoms with E-state index in [1.165, 1.54) is 23.5 Å². The van der Waals surface area contributed by atoms with Crippen LogP contribution in [0.15, 0.2) is 101 Å². The summed E-state index contributed by atoms with van der Waals surface area (Å²) in [6.45, 7) is 0. The number of aromatic nitrogens is 2. The summed E-state index contributed by atoms with van der Waals surface area (Å²) in [6, 6.07) is 24.3. The van der Waals surface area contributed by atoms with Crippen molar-refractivity contribution >= 4 is 22.1 Å². The van der Waals surface area contributed by atoms with Crippen molar-refractivity contribution in [2.45, 2.75) is 11.1 Å². The Morgan fingerprint density at radius 1 is 0.886 bits per heavy atom. The van der Waals surface area contributed by atoms with E-state index >= 15 is 0 Å². The summed E-state index contributed by atoms with van der Waals surface area (Å²) in [5.41, 5.74) is 2.41. The van der Waals surface area contributed by atoms with Gasteiger partial charge in [0, 0.05) is 39.4 Å². The number of rotatable bonds is 5. The van der Waals surface area contributed by atoms with Crippen LogP contribution >= 0.6 is 11.3 Å². The normalized spacial score (nSPS) is 12.6. The van der Waals surface area contributed by atoms with Gasteiger partial charge in [0.25, 0.3) is 0 Å². The Hall–Kier alpha value is -3.49. The van der Waals surface area contributed by atoms with Crippen LogP contribution in [0.5, 0.6) is 0 Å². The molecule has 0 N–H and O–H groups in total. The van der Waals surface area contributed by atoms with Crippen LogP contribution in [-0.4, -0.2) is 20.0 Å². The molecule has 1 atom stereocenters. The second kappa shape index (κ2) is 9.28. The molecule has 2 heterocycles. The van der Waals surface area contributed by atoms with Crippen molar-refractivity contribution in [3.8, 4) is 38.8 Å². The van der Waals surface area contributed by atoms with Crippen molar-refractivity contribution < 1.29 is 17.4 Å². The fourth-order valence-corrected chi connectivity index (χ4v) is 5.15. The molecule has 0 saturated carbocycles. The largest absolute Gasteiger partial charge is 0.417 e. The van der Waals surface area contributed by atoms with Gasteiger partial charge in [0.15, 0.2) is 0 Å². The van der Waals surface area contributed by atoms with E-state index in [9.17, 15) is 17.4 Å². The summed E-state index contributed by atoms with van der Waals surface area (Å²) in [4.78, 5) is 6.22. The van der Waals surface area contributed by atoms with Crippen molar-refractivity contribution in [3.63, 3.8) is 0 Å². The molecule has 35 heavy (non-hydrogen) atoms. The zero-order valence-electron chi connectivity index (χ0n) is 18.5. The first kappa shape index (κ1) is 23.3. The third-order valence-electron chi connectivity index (χ3n) is 5.60. The Labute approximate surface area is 207 Å². The number of halogens is 3. The van der Waals surface area contributed by atoms with Gasteiger partial charge in [-0.2, -0.15) is 13.2 Å². The molecule has 5 rings (SSSR count). The number of alkyl halides is 3. The quantitative estimate of drug-likeness (QED) is 0.244. The van der Waals surface area contributed by atoms with Gasteiger partial charge in [0.2, 0.25) is 0 Å². The van der Waals surface area contributed by atoms with Crippen molar-refractivity contribution in [2.24, 2.45) is 0 Å². The van der Waals surface area contributed by atoms with Gasteiger partial charge in [-0.05, 0) is 52.9 Å². The lowest BCUT2D eigenvalue weighted by atomic mass is 10.0. The molecular weight excluding hydrogens is 489 g/mol. The average molecular weight is 509 g/mol. The lowest BCUT2D eigenvalue weighted by Crippen LogP contribution is -2.08. The lowest BCUT2D eigenvalue weighted by Gasteiger charge is -2.14. The van der Waals surface area contributed by atoms with E-state index in [2.05, 4.69) is 4.98 Å². The molecule has 0 radical (unpaired) electrons. The first-order valence-electron chi connectivity index (χ1n) is 10.7. The number of thiophene rings is 1. The second-order valence-electron chi connectivity index (χ2n) is 7.87. The minimum atomic E-state index is -4.51. The van der Waals surface area contributed by atoms with Gasteiger partial charge in [-0.25, -0.2) is 4.98 Å². The molecule has 0 amide bonds. The minimum Gasteiger partial charge on any atom is -0.299 e. The molecule has 1 unspecified atom stereocenters. The van der Waals surface area contributed by atoms with Crippen LogP contribution in [0.4, 0.5) is 13.2 Å². The van der Waals surface area contributed by atoms with Gasteiger partial charge in [-0.3, -0.25) is 8.78 Å². The van der Waals surface area contributed by atoms with Crippen LogP contribution in [-0.2, 0) is 17.0 Å². The minimum absolute atomic E-state index is 0.0185. The van der Waals surface area contributed by atoms with Gasteiger partial charge in [-0.15, -0.1) is 11.3 Å². The molecule has 0 aliphatic carbocycles. The van der Waals surface area contributed by atoms with E-state index in [-0.39, 0.29) is 11.4 Å². The summed E-state index contributed by atoms with van der Waals surface area (Å²) in [7, 11) is -1.10. The maximum atomic E-state index is 13.8. The molecule has 0 spiro atoms. The number of benzene rings is 3. The van der Waals surface area contributed by atoms with Gasteiger partial charge in [0.1, 0.15) is 5.82 Å². The molecule has 0 fully saturated rings. The third kappa shape index (κ3) is 4.72. The predicted molar refractivity (Wildman–Crippen MR) is 135 cm³/mol. The Morgan fingerprint density at radius 3 is 2.34 bits per heavy atom. The Kier molecular flexibility index (Phi) is 6.17. The summed E-state index contributed by atoms with van der Waals surface area (Å²) >= 11 is 1.48. The monoisotopic (exact) mass is 508 g/mol. The van der Waals surface area contributed by atoms with Crippen LogP contribution in [0.1, 0.15) is 5.56 Å². The second-order valence-corrected chi connectivity index (χ2v) is 10.2. The molecule has 5 aromatic rings. The highest BCUT2D eigenvalue weighted by Gasteiger charge is 2.34. The lowest BCUT2D eigenvalue weighted by molar-refractivity contribution is -0.137. The van der Waals surface area contributed by atoms with E-state index in [0.717, 1.165) is 27.0 Å². The van der Waals surface area contributed by atoms with Gasteiger partial charge in [0.05, 0.1) is 16.1 Å². The third-order valence-corrected chi connectivity index (χ3v) is 7.41. The zero-order chi connectivity index (χ0) is 24.6. The summed E-state index contributed by atoms with van der Waals surface area (Å²) < 4.78 is 55.0. The SMILES string of the molecule is CS(=O)c1cccc(-c2ccc(-n3cc(-c4cccs4)nc3-c3ccccc3C(F)(F)F)cc2)c1. The van der Waals surface area contributed by atoms with Crippen molar-refractivity contribution in [1.82, 2.24) is 9.55 Å². The Balaban J connectivity index is 1.63. The fourth-order valence-electron chi connectivity index (χ4n) is 3.90. The maximum Gasteiger partial charge on any atom is 0.417 e. The van der Waals surface area contributed by atoms with Crippen LogP contribution in [0.2, 0.25) is 0 Å². The smallest absolute Gasteiger partial charge is 0.299 e. The first-order valence-corrected chi connectivity index (χ1v) is 13.1. The fraction of sp³-hybridized carbons (Fsp3) is 0.0741. The Bertz CT molecular complexity index is 1500. The molecule has 3 aromatic carbocycles. The highest BCUT2D eigenvalue weighted by molar-refractivity contribution is 7.84. The van der Waals surface area contributed by atoms with E-state index in [1.807, 2.05) is 66.0 Å². The highest BCUT2D eigenvalue weighted by Crippen LogP contribution is 2.39. The topological polar surface area (TPSA) is 34.9 Å². The summed E-state index contributed by atoms with van der Waals surface area (Å²) in [6.07, 6.45) is -1.11. The first-order chi connectivity index (χ1) is 16.8. The number of hydrogen-bond donors (Lipinski definition) is 0. The Morgan fingerprint density at radius 2 is 1.66 bits per heavy atom. The number of imidazole rings is 1. The summed E-state index contributed by atoms with van der Waals surface area (Å²) in [5.74, 6) is 0.220. The molecule has 0 aliphatic heterocycles. The van der Waals surface area contributed by atoms with E-state index in [4.69, 9.17) is 0 Å². The molecule has 3 nitrogen and oxygen atoms in total. The van der Waals surface area contributed by atoms with E-state index in [1.54, 1.807) is 23.1 Å². The molecular formula is C27H19F3N2OS2. The maximum absolute atomic E-state index is 13.8. The molecule has 8 heteroatoms. The van der Waals surface area contributed by atoms with Gasteiger partial charge in [-0.1, -0.05) is 48.5 Å². The van der Waals surface area contributed by atoms with Crippen LogP contribution in [0.3, 0.4) is 0 Å². The van der Waals surface area contributed by atoms with Crippen molar-refractivity contribution in [1.29, 1.82) is 0 Å². The number of hydrogen-bond acceptors (Lipinski definition) is 3. The summed E-state index contributed by atoms with van der Waals surface area (Å²) in [5, 5.41) is 1.91. The molecule has 0 bridgehead atoms. The van der Waals surface area contributed by atoms with Crippen molar-refractivity contribution in [2.75, 3.05) is 6.26 Å². The molecule has 2 aromatic heterocycles. The van der Waals surface area contributed by atoms with Gasteiger partial charge < -0.3 is 0 Å². The molecule has 176 valence electrons. The van der Waals surface area contributed by atoms with E-state index in [0.29, 0.717) is 11.4 Å². The highest BCUT2D eigenvalue weighted by atomic mass is 32.2. The average Bonchev–Trinajstić information content (AvgIpc) is 3.54. The standard InChI is InChI=1S/C27H19F3N2OS2/c1-35(33)21-7-4-6-19(16-21)18-11-13-20(14-12-18)32-17-24(25-10-5-15-34-25)31-26(32)22-8-2-3-9-23(22)27(28,29)30/h2-17H,1H3. The van der Waals surface area contributed by atoms with Gasteiger partial charge >= 0.3 is 6.18 Å². The van der Waals surface area contributed by atoms with Crippen LogP contribution in [0.25, 0.3) is 38.8 Å². The predicted octanol–water partition coefficient (Wildman–Crippen LogP) is 7.69. The number of nitrogens with zero attached hydrogens (tertiary/aromatic N) is 2. The van der Waals surface area contributed by atoms with Crippen LogP contribution < -0.4 is 0 Å². The van der Waals surface area contributed by atoms with Crippen molar-refractivity contribution in [3.05, 3.63) is 102 Å².